The molecule has 0 aliphatic rings. The van der Waals surface area contributed by atoms with E-state index in [1.165, 1.54) is 12.1 Å². The lowest BCUT2D eigenvalue weighted by molar-refractivity contribution is 0.577. The maximum Gasteiger partial charge on any atom is 0.130 e. The fraction of sp³-hybridized carbons (Fsp3) is 0. The van der Waals surface area contributed by atoms with Crippen molar-refractivity contribution >= 4 is 0 Å². The average Bonchev–Trinajstić information content (AvgIpc) is 2.52. The third-order valence-corrected chi connectivity index (χ3v) is 3.33. The molecule has 0 aromatic heterocycles. The Labute approximate surface area is 122 Å². The van der Waals surface area contributed by atoms with Gasteiger partial charge in [0.1, 0.15) is 11.6 Å². The number of hydrogen-bond donors (Lipinski definition) is 0. The van der Waals surface area contributed by atoms with Crippen LogP contribution in [0.4, 0.5) is 8.78 Å². The normalized spacial score (nSPS) is 10.8. The summed E-state index contributed by atoms with van der Waals surface area (Å²) in [4.78, 5) is 0. The summed E-state index contributed by atoms with van der Waals surface area (Å²) in [5.74, 6) is -0.372. The van der Waals surface area contributed by atoms with Gasteiger partial charge in [-0.3, -0.25) is 0 Å². The largest absolute Gasteiger partial charge is 0.207 e. The van der Waals surface area contributed by atoms with Crippen LogP contribution in [0.3, 0.4) is 0 Å². The third kappa shape index (κ3) is 2.84. The highest BCUT2D eigenvalue weighted by atomic mass is 19.1. The van der Waals surface area contributed by atoms with Crippen molar-refractivity contribution in [1.29, 1.82) is 0 Å². The highest BCUT2D eigenvalue weighted by Gasteiger charge is 2.21. The molecule has 3 aromatic carbocycles. The Morgan fingerprint density at radius 3 is 1.62 bits per heavy atom. The predicted molar refractivity (Wildman–Crippen MR) is 79.8 cm³/mol. The van der Waals surface area contributed by atoms with Gasteiger partial charge in [-0.15, -0.1) is 0 Å². The molecule has 2 heteroatoms. The summed E-state index contributed by atoms with van der Waals surface area (Å²) < 4.78 is 27.4. The van der Waals surface area contributed by atoms with Crippen LogP contribution < -0.4 is 0 Å². The summed E-state index contributed by atoms with van der Waals surface area (Å²) in [7, 11) is 0. The Morgan fingerprint density at radius 1 is 0.619 bits per heavy atom. The first-order valence-electron chi connectivity index (χ1n) is 6.69. The molecule has 0 saturated carbocycles. The molecule has 103 valence electrons. The second kappa shape index (κ2) is 5.88. The first-order valence-corrected chi connectivity index (χ1v) is 6.69. The molecule has 0 fully saturated rings. The van der Waals surface area contributed by atoms with Crippen molar-refractivity contribution in [2.24, 2.45) is 0 Å². The molecule has 0 aliphatic carbocycles. The predicted octanol–water partition coefficient (Wildman–Crippen LogP) is 4.98. The maximum absolute atomic E-state index is 14.2. The summed E-state index contributed by atoms with van der Waals surface area (Å²) in [6, 6.07) is 22.8. The molecule has 0 unspecified atom stereocenters. The second-order valence-corrected chi connectivity index (χ2v) is 4.73. The molecule has 21 heavy (non-hydrogen) atoms. The second-order valence-electron chi connectivity index (χ2n) is 4.73. The van der Waals surface area contributed by atoms with Gasteiger partial charge in [-0.2, -0.15) is 0 Å². The van der Waals surface area contributed by atoms with Gasteiger partial charge in [0.25, 0.3) is 0 Å². The van der Waals surface area contributed by atoms with Gasteiger partial charge in [0, 0.05) is 11.6 Å². The van der Waals surface area contributed by atoms with E-state index in [9.17, 15) is 8.78 Å². The van der Waals surface area contributed by atoms with Crippen LogP contribution in [0.15, 0.2) is 78.9 Å². The maximum atomic E-state index is 14.2. The third-order valence-electron chi connectivity index (χ3n) is 3.33. The molecule has 3 rings (SSSR count). The first-order chi connectivity index (χ1) is 10.3. The van der Waals surface area contributed by atoms with Crippen molar-refractivity contribution in [2.75, 3.05) is 0 Å². The van der Waals surface area contributed by atoms with Crippen LogP contribution in [0.2, 0.25) is 0 Å². The van der Waals surface area contributed by atoms with Crippen molar-refractivity contribution in [1.82, 2.24) is 0 Å². The molecule has 0 amide bonds. The Balaban J connectivity index is 2.17. The van der Waals surface area contributed by atoms with Gasteiger partial charge in [-0.25, -0.2) is 8.78 Å². The van der Waals surface area contributed by atoms with Crippen LogP contribution in [-0.2, 0) is 0 Å². The summed E-state index contributed by atoms with van der Waals surface area (Å²) >= 11 is 0. The van der Waals surface area contributed by atoms with E-state index in [4.69, 9.17) is 0 Å². The monoisotopic (exact) mass is 279 g/mol. The van der Waals surface area contributed by atoms with Gasteiger partial charge < -0.3 is 0 Å². The van der Waals surface area contributed by atoms with Crippen molar-refractivity contribution in [3.8, 4) is 0 Å². The lowest BCUT2D eigenvalue weighted by Crippen LogP contribution is -2.07. The van der Waals surface area contributed by atoms with Gasteiger partial charge in [0.05, 0.1) is 5.92 Å². The molecule has 0 spiro atoms. The zero-order valence-electron chi connectivity index (χ0n) is 11.3. The number of rotatable bonds is 3. The lowest BCUT2D eigenvalue weighted by atomic mass is 9.85. The van der Waals surface area contributed by atoms with E-state index < -0.39 is 11.6 Å². The number of benzene rings is 3. The molecule has 3 aromatic rings. The standard InChI is InChI=1S/C19H13F2/c20-16-11-12-17(18(21)13-16)19(14-7-3-1-4-8-14)15-9-5-2-6-10-15/h1-13H. The van der Waals surface area contributed by atoms with E-state index in [-0.39, 0.29) is 0 Å². The summed E-state index contributed by atoms with van der Waals surface area (Å²) in [5.41, 5.74) is 2.19. The van der Waals surface area contributed by atoms with Crippen molar-refractivity contribution < 1.29 is 8.78 Å². The Bertz CT molecular complexity index is 682. The van der Waals surface area contributed by atoms with Gasteiger partial charge in [0.15, 0.2) is 0 Å². The highest BCUT2D eigenvalue weighted by Crippen LogP contribution is 2.32. The van der Waals surface area contributed by atoms with Crippen molar-refractivity contribution in [3.63, 3.8) is 0 Å². The van der Waals surface area contributed by atoms with E-state index in [1.54, 1.807) is 0 Å². The molecule has 1 radical (unpaired) electrons. The lowest BCUT2D eigenvalue weighted by Gasteiger charge is -2.18. The quantitative estimate of drug-likeness (QED) is 0.593. The molecule has 0 nitrogen and oxygen atoms in total. The van der Waals surface area contributed by atoms with Crippen LogP contribution in [0.1, 0.15) is 16.7 Å². The van der Waals surface area contributed by atoms with Gasteiger partial charge >= 0.3 is 0 Å². The van der Waals surface area contributed by atoms with Crippen molar-refractivity contribution in [2.45, 2.75) is 0 Å². The Morgan fingerprint density at radius 2 is 1.14 bits per heavy atom. The molecular formula is C19H13F2. The average molecular weight is 279 g/mol. The van der Waals surface area contributed by atoms with E-state index in [1.807, 2.05) is 60.7 Å². The minimum Gasteiger partial charge on any atom is -0.207 e. The highest BCUT2D eigenvalue weighted by molar-refractivity contribution is 5.57. The number of hydrogen-bond acceptors (Lipinski definition) is 0. The topological polar surface area (TPSA) is 0 Å². The molecule has 0 N–H and O–H groups in total. The summed E-state index contributed by atoms with van der Waals surface area (Å²) in [6.45, 7) is 0. The molecule has 0 aliphatic heterocycles. The van der Waals surface area contributed by atoms with Crippen LogP contribution >= 0.6 is 0 Å². The first kappa shape index (κ1) is 13.5. The molecule has 0 saturated heterocycles. The van der Waals surface area contributed by atoms with Crippen LogP contribution in [-0.4, -0.2) is 0 Å². The molecule has 0 heterocycles. The van der Waals surface area contributed by atoms with Crippen LogP contribution in [0.5, 0.6) is 0 Å². The van der Waals surface area contributed by atoms with Gasteiger partial charge in [-0.1, -0.05) is 66.7 Å². The molecule has 0 bridgehead atoms. The van der Waals surface area contributed by atoms with E-state index in [0.29, 0.717) is 5.56 Å². The van der Waals surface area contributed by atoms with E-state index in [2.05, 4.69) is 0 Å². The van der Waals surface area contributed by atoms with E-state index >= 15 is 0 Å². The van der Waals surface area contributed by atoms with Crippen LogP contribution in [0.25, 0.3) is 0 Å². The fourth-order valence-electron chi connectivity index (χ4n) is 2.38. The van der Waals surface area contributed by atoms with Gasteiger partial charge in [0.2, 0.25) is 0 Å². The van der Waals surface area contributed by atoms with Crippen LogP contribution in [0, 0.1) is 17.6 Å². The minimum absolute atomic E-state index is 0.397. The van der Waals surface area contributed by atoms with Gasteiger partial charge in [-0.05, 0) is 17.2 Å². The Kier molecular flexibility index (Phi) is 3.78. The number of halogens is 2. The molecular weight excluding hydrogens is 266 g/mol. The minimum atomic E-state index is -0.572. The fourth-order valence-corrected chi connectivity index (χ4v) is 2.38. The molecule has 0 atom stereocenters. The van der Waals surface area contributed by atoms with Crippen molar-refractivity contribution in [3.05, 3.63) is 113 Å². The van der Waals surface area contributed by atoms with E-state index in [0.717, 1.165) is 23.1 Å². The SMILES string of the molecule is Fc1ccc([C](c2ccccc2)c2ccccc2)c(F)c1. The zero-order valence-corrected chi connectivity index (χ0v) is 11.3. The summed E-state index contributed by atoms with van der Waals surface area (Å²) in [5, 5.41) is 0. The smallest absolute Gasteiger partial charge is 0.130 e. The Hall–Kier alpha value is -2.48. The summed E-state index contributed by atoms with van der Waals surface area (Å²) in [6.07, 6.45) is 0. The zero-order chi connectivity index (χ0) is 14.7.